The summed E-state index contributed by atoms with van der Waals surface area (Å²) in [6.07, 6.45) is 0.244. The fraction of sp³-hybridized carbons (Fsp3) is 0.452. The normalized spacial score (nSPS) is 23.2. The first kappa shape index (κ1) is 35.7. The van der Waals surface area contributed by atoms with Crippen LogP contribution in [-0.2, 0) is 36.8 Å². The van der Waals surface area contributed by atoms with Crippen molar-refractivity contribution in [2.24, 2.45) is 5.73 Å². The molecule has 0 radical (unpaired) electrons. The van der Waals surface area contributed by atoms with Crippen molar-refractivity contribution in [3.63, 3.8) is 0 Å². The molecule has 2 aromatic carbocycles. The molecule has 12 nitrogen and oxygen atoms in total. The number of phenols is 1. The third-order valence-electron chi connectivity index (χ3n) is 7.42. The Balaban J connectivity index is 1.87. The number of hydrogen-bond donors (Lipinski definition) is 7. The van der Waals surface area contributed by atoms with Gasteiger partial charge in [-0.25, -0.2) is 4.79 Å². The van der Waals surface area contributed by atoms with E-state index in [1.807, 2.05) is 6.07 Å². The maximum Gasteiger partial charge on any atom is 0.327 e. The van der Waals surface area contributed by atoms with Crippen molar-refractivity contribution in [3.8, 4) is 5.75 Å². The first-order valence-electron chi connectivity index (χ1n) is 14.3. The molecule has 1 fully saturated rings. The van der Waals surface area contributed by atoms with Crippen molar-refractivity contribution < 1.29 is 34.2 Å². The maximum absolute atomic E-state index is 13.5. The van der Waals surface area contributed by atoms with E-state index in [9.17, 15) is 34.2 Å². The van der Waals surface area contributed by atoms with E-state index in [2.05, 4.69) is 21.3 Å². The Hall–Kier alpha value is -3.75. The molecular formula is C31H41N5O7S2. The van der Waals surface area contributed by atoms with Gasteiger partial charge in [-0.3, -0.25) is 19.2 Å². The highest BCUT2D eigenvalue weighted by molar-refractivity contribution is 8.17. The van der Waals surface area contributed by atoms with Crippen LogP contribution in [0.4, 0.5) is 0 Å². The summed E-state index contributed by atoms with van der Waals surface area (Å²) in [5.41, 5.74) is 7.64. The zero-order valence-corrected chi connectivity index (χ0v) is 27.3. The largest absolute Gasteiger partial charge is 0.508 e. The molecule has 0 spiro atoms. The fourth-order valence-corrected chi connectivity index (χ4v) is 7.96. The molecule has 4 amide bonds. The zero-order valence-electron chi connectivity index (χ0n) is 25.7. The fourth-order valence-electron chi connectivity index (χ4n) is 4.63. The summed E-state index contributed by atoms with van der Waals surface area (Å²) >= 11 is 2.59. The number of rotatable bonds is 7. The van der Waals surface area contributed by atoms with E-state index in [4.69, 9.17) is 5.73 Å². The summed E-state index contributed by atoms with van der Waals surface area (Å²) in [6.45, 7) is 6.41. The highest BCUT2D eigenvalue weighted by Gasteiger charge is 2.42. The van der Waals surface area contributed by atoms with Crippen molar-refractivity contribution in [1.29, 1.82) is 0 Å². The topological polar surface area (TPSA) is 200 Å². The molecule has 1 unspecified atom stereocenters. The highest BCUT2D eigenvalue weighted by Crippen LogP contribution is 2.38. The highest BCUT2D eigenvalue weighted by atomic mass is 32.2. The van der Waals surface area contributed by atoms with Gasteiger partial charge in [-0.15, -0.1) is 23.5 Å². The summed E-state index contributed by atoms with van der Waals surface area (Å²) in [5.74, 6) is -3.71. The predicted molar refractivity (Wildman–Crippen MR) is 175 cm³/mol. The van der Waals surface area contributed by atoms with Gasteiger partial charge >= 0.3 is 5.97 Å². The molecule has 2 aromatic rings. The van der Waals surface area contributed by atoms with Gasteiger partial charge < -0.3 is 37.2 Å². The maximum atomic E-state index is 13.5. The lowest BCUT2D eigenvalue weighted by molar-refractivity contribution is -0.143. The Morgan fingerprint density at radius 2 is 1.56 bits per heavy atom. The summed E-state index contributed by atoms with van der Waals surface area (Å²) in [7, 11) is 0. The third-order valence-corrected chi connectivity index (χ3v) is 10.3. The first-order valence-corrected chi connectivity index (χ1v) is 16.3. The Kier molecular flexibility index (Phi) is 12.3. The van der Waals surface area contributed by atoms with Crippen LogP contribution in [0.25, 0.3) is 0 Å². The SMILES string of the molecule is CC1(C)SCSC(C)(C)[C@@H](C(=O)O)NC(=O)[C@H](Cc2ccccc2)NC(=O)CNC(=O)C1NC(=O)[C@@H](N)Cc1ccc(O)cc1. The van der Waals surface area contributed by atoms with Crippen LogP contribution in [0.2, 0.25) is 0 Å². The minimum atomic E-state index is -1.30. The molecule has 0 aromatic heterocycles. The minimum Gasteiger partial charge on any atom is -0.508 e. The molecule has 244 valence electrons. The lowest BCUT2D eigenvalue weighted by Crippen LogP contribution is -2.60. The quantitative estimate of drug-likeness (QED) is 0.226. The number of amides is 4. The number of carboxylic acid groups (broad SMARTS) is 1. The van der Waals surface area contributed by atoms with E-state index < -0.39 is 69.8 Å². The van der Waals surface area contributed by atoms with Gasteiger partial charge in [0, 0.05) is 21.0 Å². The van der Waals surface area contributed by atoms with Gasteiger partial charge in [-0.1, -0.05) is 42.5 Å². The Morgan fingerprint density at radius 1 is 0.933 bits per heavy atom. The van der Waals surface area contributed by atoms with Crippen molar-refractivity contribution in [2.45, 2.75) is 74.2 Å². The number of aromatic hydroxyl groups is 1. The lowest BCUT2D eigenvalue weighted by atomic mass is 10.00. The molecule has 14 heteroatoms. The first-order chi connectivity index (χ1) is 21.1. The van der Waals surface area contributed by atoms with Gasteiger partial charge in [-0.05, 0) is 57.4 Å². The molecule has 4 atom stereocenters. The molecule has 1 saturated heterocycles. The van der Waals surface area contributed by atoms with Gasteiger partial charge in [0.1, 0.15) is 23.9 Å². The van der Waals surface area contributed by atoms with Crippen molar-refractivity contribution in [2.75, 3.05) is 11.6 Å². The van der Waals surface area contributed by atoms with Crippen LogP contribution >= 0.6 is 23.5 Å². The van der Waals surface area contributed by atoms with Crippen LogP contribution in [-0.4, -0.2) is 85.1 Å². The van der Waals surface area contributed by atoms with Crippen molar-refractivity contribution >= 4 is 53.1 Å². The number of hydrogen-bond acceptors (Lipinski definition) is 9. The molecule has 0 aliphatic carbocycles. The number of benzene rings is 2. The Labute approximate surface area is 271 Å². The molecule has 1 aliphatic rings. The van der Waals surface area contributed by atoms with Gasteiger partial charge in [0.25, 0.3) is 0 Å². The standard InChI is InChI=1S/C31H41N5O7S2/c1-30(2)24(35-26(39)21(32)14-19-10-12-20(37)13-11-19)28(41)33-16-23(38)34-22(15-18-8-6-5-7-9-18)27(40)36-25(29(42)43)31(3,4)45-17-44-30/h5-13,21-22,24-25,37H,14-17,32H2,1-4H3,(H,33,41)(H,34,38)(H,35,39)(H,36,40)(H,42,43)/t21-,22-,24?,25+/m0/s1. The second kappa shape index (κ2) is 15.5. The van der Waals surface area contributed by atoms with Gasteiger partial charge in [0.2, 0.25) is 23.6 Å². The number of nitrogens with one attached hydrogen (secondary N) is 4. The second-order valence-electron chi connectivity index (χ2n) is 11.8. The number of carboxylic acids is 1. The van der Waals surface area contributed by atoms with Crippen LogP contribution < -0.4 is 27.0 Å². The minimum absolute atomic E-state index is 0.0777. The van der Waals surface area contributed by atoms with Crippen LogP contribution in [0.15, 0.2) is 54.6 Å². The number of carbonyl (C=O) groups is 5. The van der Waals surface area contributed by atoms with Crippen molar-refractivity contribution in [1.82, 2.24) is 21.3 Å². The number of carbonyl (C=O) groups excluding carboxylic acids is 4. The lowest BCUT2D eigenvalue weighted by Gasteiger charge is -2.36. The average Bonchev–Trinajstić information content (AvgIpc) is 2.97. The van der Waals surface area contributed by atoms with E-state index in [-0.39, 0.29) is 18.6 Å². The van der Waals surface area contributed by atoms with E-state index >= 15 is 0 Å². The Bertz CT molecular complexity index is 1370. The number of nitrogens with two attached hydrogens (primary N) is 1. The van der Waals surface area contributed by atoms with Gasteiger partial charge in [-0.2, -0.15) is 0 Å². The van der Waals surface area contributed by atoms with Crippen molar-refractivity contribution in [3.05, 3.63) is 65.7 Å². The molecular weight excluding hydrogens is 619 g/mol. The Morgan fingerprint density at radius 3 is 2.18 bits per heavy atom. The third kappa shape index (κ3) is 10.4. The second-order valence-corrected chi connectivity index (χ2v) is 15.5. The molecule has 1 heterocycles. The monoisotopic (exact) mass is 659 g/mol. The summed E-state index contributed by atoms with van der Waals surface area (Å²) < 4.78 is -1.94. The molecule has 0 bridgehead atoms. The molecule has 45 heavy (non-hydrogen) atoms. The summed E-state index contributed by atoms with van der Waals surface area (Å²) in [6, 6.07) is 10.6. The average molecular weight is 660 g/mol. The van der Waals surface area contributed by atoms with Crippen LogP contribution in [0.5, 0.6) is 5.75 Å². The molecule has 0 saturated carbocycles. The van der Waals surface area contributed by atoms with Crippen LogP contribution in [0.3, 0.4) is 0 Å². The number of aliphatic carboxylic acids is 1. The smallest absolute Gasteiger partial charge is 0.327 e. The molecule has 1 aliphatic heterocycles. The van der Waals surface area contributed by atoms with Gasteiger partial charge in [0.15, 0.2) is 0 Å². The van der Waals surface area contributed by atoms with E-state index in [0.29, 0.717) is 10.6 Å². The summed E-state index contributed by atoms with van der Waals surface area (Å²) in [5, 5.41) is 30.5. The van der Waals surface area contributed by atoms with Gasteiger partial charge in [0.05, 0.1) is 12.6 Å². The van der Waals surface area contributed by atoms with Crippen LogP contribution in [0, 0.1) is 0 Å². The van der Waals surface area contributed by atoms with E-state index in [0.717, 1.165) is 5.56 Å². The van der Waals surface area contributed by atoms with Crippen LogP contribution in [0.1, 0.15) is 38.8 Å². The number of thioether (sulfide) groups is 2. The zero-order chi connectivity index (χ0) is 33.4. The van der Waals surface area contributed by atoms with E-state index in [1.54, 1.807) is 64.1 Å². The predicted octanol–water partition coefficient (Wildman–Crippen LogP) is 1.15. The summed E-state index contributed by atoms with van der Waals surface area (Å²) in [4.78, 5) is 65.5. The molecule has 3 rings (SSSR count). The number of phenolic OH excluding ortho intramolecular Hbond substituents is 1. The van der Waals surface area contributed by atoms with E-state index in [1.165, 1.54) is 35.7 Å². The molecule has 8 N–H and O–H groups in total.